The monoisotopic (exact) mass is 336 g/mol. The molecule has 1 amide bonds. The fourth-order valence-corrected chi connectivity index (χ4v) is 2.64. The van der Waals surface area contributed by atoms with Gasteiger partial charge in [0.2, 0.25) is 0 Å². The summed E-state index contributed by atoms with van der Waals surface area (Å²) in [5, 5.41) is 4.24. The van der Waals surface area contributed by atoms with E-state index < -0.39 is 5.91 Å². The third-order valence-corrected chi connectivity index (χ3v) is 3.99. The Balaban J connectivity index is 2.47. The van der Waals surface area contributed by atoms with E-state index in [-0.39, 0.29) is 12.1 Å². The van der Waals surface area contributed by atoms with Crippen molar-refractivity contribution in [2.24, 2.45) is 11.5 Å². The molecule has 6 heteroatoms. The third-order valence-electron chi connectivity index (χ3n) is 3.27. The molecule has 1 aromatic heterocycles. The number of hydrogen-bond donors (Lipinski definition) is 2. The van der Waals surface area contributed by atoms with Gasteiger partial charge in [0.1, 0.15) is 0 Å². The van der Waals surface area contributed by atoms with Crippen molar-refractivity contribution in [1.82, 2.24) is 9.78 Å². The normalized spacial score (nSPS) is 13.9. The molecule has 1 heterocycles. The van der Waals surface area contributed by atoms with Gasteiger partial charge in [-0.2, -0.15) is 5.10 Å². The van der Waals surface area contributed by atoms with E-state index in [1.807, 2.05) is 31.2 Å². The van der Waals surface area contributed by atoms with E-state index in [2.05, 4.69) is 21.0 Å². The maximum atomic E-state index is 11.2. The molecular weight excluding hydrogens is 320 g/mol. The Morgan fingerprint density at radius 3 is 2.70 bits per heavy atom. The number of primary amides is 1. The highest BCUT2D eigenvalue weighted by molar-refractivity contribution is 9.10. The van der Waals surface area contributed by atoms with Crippen molar-refractivity contribution in [1.29, 1.82) is 0 Å². The van der Waals surface area contributed by atoms with Gasteiger partial charge in [0.05, 0.1) is 17.8 Å². The summed E-state index contributed by atoms with van der Waals surface area (Å²) in [5.74, 6) is -0.493. The van der Waals surface area contributed by atoms with Crippen LogP contribution in [0.15, 0.2) is 41.1 Å². The molecule has 2 rings (SSSR count). The highest BCUT2D eigenvalue weighted by atomic mass is 79.9. The lowest BCUT2D eigenvalue weighted by atomic mass is 9.98. The van der Waals surface area contributed by atoms with Crippen LogP contribution in [0, 0.1) is 0 Å². The van der Waals surface area contributed by atoms with Crippen LogP contribution in [0.2, 0.25) is 0 Å². The maximum absolute atomic E-state index is 11.2. The topological polar surface area (TPSA) is 86.9 Å². The van der Waals surface area contributed by atoms with Crippen molar-refractivity contribution >= 4 is 21.8 Å². The Hall–Kier alpha value is -1.66. The van der Waals surface area contributed by atoms with Crippen molar-refractivity contribution < 1.29 is 4.79 Å². The molecule has 0 spiro atoms. The summed E-state index contributed by atoms with van der Waals surface area (Å²) in [7, 11) is 0. The summed E-state index contributed by atoms with van der Waals surface area (Å²) in [6.45, 7) is 2.02. The number of aromatic nitrogens is 2. The van der Waals surface area contributed by atoms with Crippen molar-refractivity contribution in [3.8, 4) is 0 Å². The molecule has 0 bridgehead atoms. The molecule has 0 saturated carbocycles. The first-order chi connectivity index (χ1) is 9.54. The van der Waals surface area contributed by atoms with Gasteiger partial charge in [-0.1, -0.05) is 41.1 Å². The molecule has 5 nitrogen and oxygen atoms in total. The van der Waals surface area contributed by atoms with Gasteiger partial charge >= 0.3 is 0 Å². The van der Waals surface area contributed by atoms with E-state index in [1.54, 1.807) is 10.9 Å². The predicted molar refractivity (Wildman–Crippen MR) is 81.3 cm³/mol. The molecule has 2 unspecified atom stereocenters. The second-order valence-electron chi connectivity index (χ2n) is 4.61. The highest BCUT2D eigenvalue weighted by Gasteiger charge is 2.23. The molecule has 2 aromatic rings. The molecule has 0 fully saturated rings. The van der Waals surface area contributed by atoms with E-state index in [4.69, 9.17) is 11.5 Å². The summed E-state index contributed by atoms with van der Waals surface area (Å²) in [5.41, 5.74) is 12.9. The number of nitrogens with zero attached hydrogens (tertiary/aromatic N) is 2. The van der Waals surface area contributed by atoms with E-state index in [1.165, 1.54) is 6.20 Å². The van der Waals surface area contributed by atoms with Crippen molar-refractivity contribution in [2.45, 2.75) is 25.4 Å². The van der Waals surface area contributed by atoms with Gasteiger partial charge < -0.3 is 11.5 Å². The van der Waals surface area contributed by atoms with Crippen molar-refractivity contribution in [3.05, 3.63) is 52.3 Å². The average Bonchev–Trinajstić information content (AvgIpc) is 2.90. The Morgan fingerprint density at radius 2 is 2.15 bits per heavy atom. The Bertz CT molecular complexity index is 611. The standard InChI is InChI=1S/C14H17BrN4O/c1-2-12(16)13(10-5-3-4-6-11(10)15)19-8-9(7-18-19)14(17)20/h3-8,12-13H,2,16H2,1H3,(H2,17,20). The second-order valence-corrected chi connectivity index (χ2v) is 5.47. The summed E-state index contributed by atoms with van der Waals surface area (Å²) < 4.78 is 2.67. The van der Waals surface area contributed by atoms with Crippen LogP contribution in [0.3, 0.4) is 0 Å². The van der Waals surface area contributed by atoms with Crippen molar-refractivity contribution in [2.75, 3.05) is 0 Å². The minimum Gasteiger partial charge on any atom is -0.366 e. The van der Waals surface area contributed by atoms with Crippen LogP contribution in [0.4, 0.5) is 0 Å². The molecule has 0 saturated heterocycles. The highest BCUT2D eigenvalue weighted by Crippen LogP contribution is 2.29. The maximum Gasteiger partial charge on any atom is 0.251 e. The largest absolute Gasteiger partial charge is 0.366 e. The molecule has 0 aliphatic heterocycles. The number of carbonyl (C=O) groups excluding carboxylic acids is 1. The minimum atomic E-state index is -0.493. The number of nitrogens with two attached hydrogens (primary N) is 2. The number of carbonyl (C=O) groups is 1. The lowest BCUT2D eigenvalue weighted by molar-refractivity contribution is 0.1000. The van der Waals surface area contributed by atoms with Crippen LogP contribution in [-0.2, 0) is 0 Å². The van der Waals surface area contributed by atoms with Crippen LogP contribution in [0.25, 0.3) is 0 Å². The summed E-state index contributed by atoms with van der Waals surface area (Å²) in [4.78, 5) is 11.2. The minimum absolute atomic E-state index is 0.116. The fourth-order valence-electron chi connectivity index (χ4n) is 2.12. The zero-order valence-corrected chi connectivity index (χ0v) is 12.7. The van der Waals surface area contributed by atoms with Crippen molar-refractivity contribution in [3.63, 3.8) is 0 Å². The number of halogens is 1. The molecule has 0 radical (unpaired) electrons. The zero-order chi connectivity index (χ0) is 14.7. The lowest BCUT2D eigenvalue weighted by Crippen LogP contribution is -2.33. The Morgan fingerprint density at radius 1 is 1.45 bits per heavy atom. The molecule has 4 N–H and O–H groups in total. The van der Waals surface area contributed by atoms with Gasteiger partial charge in [0, 0.05) is 16.7 Å². The quantitative estimate of drug-likeness (QED) is 0.876. The number of benzene rings is 1. The van der Waals surface area contributed by atoms with Gasteiger partial charge in [-0.05, 0) is 18.1 Å². The van der Waals surface area contributed by atoms with Crippen LogP contribution in [-0.4, -0.2) is 21.7 Å². The van der Waals surface area contributed by atoms with E-state index in [0.29, 0.717) is 5.56 Å². The first-order valence-electron chi connectivity index (χ1n) is 6.38. The zero-order valence-electron chi connectivity index (χ0n) is 11.2. The SMILES string of the molecule is CCC(N)C(c1ccccc1Br)n1cc(C(N)=O)cn1. The summed E-state index contributed by atoms with van der Waals surface area (Å²) in [6, 6.07) is 7.59. The van der Waals surface area contributed by atoms with Gasteiger partial charge in [-0.15, -0.1) is 0 Å². The van der Waals surface area contributed by atoms with E-state index in [9.17, 15) is 4.79 Å². The average molecular weight is 337 g/mol. The van der Waals surface area contributed by atoms with Gasteiger partial charge in [0.15, 0.2) is 0 Å². The first-order valence-corrected chi connectivity index (χ1v) is 7.17. The predicted octanol–water partition coefficient (Wildman–Crippen LogP) is 2.07. The van der Waals surface area contributed by atoms with Crippen LogP contribution < -0.4 is 11.5 Å². The van der Waals surface area contributed by atoms with Gasteiger partial charge in [-0.25, -0.2) is 0 Å². The van der Waals surface area contributed by atoms with E-state index >= 15 is 0 Å². The Kier molecular flexibility index (Phi) is 4.57. The number of hydrogen-bond acceptors (Lipinski definition) is 3. The molecule has 106 valence electrons. The smallest absolute Gasteiger partial charge is 0.251 e. The summed E-state index contributed by atoms with van der Waals surface area (Å²) in [6.07, 6.45) is 3.90. The van der Waals surface area contributed by atoms with Gasteiger partial charge in [0.25, 0.3) is 5.91 Å². The third kappa shape index (κ3) is 2.91. The van der Waals surface area contributed by atoms with Crippen LogP contribution >= 0.6 is 15.9 Å². The van der Waals surface area contributed by atoms with Gasteiger partial charge in [-0.3, -0.25) is 9.48 Å². The van der Waals surface area contributed by atoms with Crippen LogP contribution in [0.5, 0.6) is 0 Å². The molecule has 1 aromatic carbocycles. The molecule has 20 heavy (non-hydrogen) atoms. The first kappa shape index (κ1) is 14.7. The molecule has 2 atom stereocenters. The molecular formula is C14H17BrN4O. The fraction of sp³-hybridized carbons (Fsp3) is 0.286. The molecule has 0 aliphatic carbocycles. The van der Waals surface area contributed by atoms with Crippen LogP contribution in [0.1, 0.15) is 35.3 Å². The van der Waals surface area contributed by atoms with E-state index in [0.717, 1.165) is 16.5 Å². The molecule has 0 aliphatic rings. The Labute approximate surface area is 126 Å². The second kappa shape index (κ2) is 6.19. The number of rotatable bonds is 5. The lowest BCUT2D eigenvalue weighted by Gasteiger charge is -2.25. The summed E-state index contributed by atoms with van der Waals surface area (Å²) >= 11 is 3.54. The number of amides is 1.